The summed E-state index contributed by atoms with van der Waals surface area (Å²) in [4.78, 5) is 13.4. The highest BCUT2D eigenvalue weighted by atomic mass is 16.4. The van der Waals surface area contributed by atoms with Gasteiger partial charge in [-0.3, -0.25) is 0 Å². The second-order valence-electron chi connectivity index (χ2n) is 4.46. The van der Waals surface area contributed by atoms with E-state index in [-0.39, 0.29) is 0 Å². The Morgan fingerprint density at radius 1 is 1.50 bits per heavy atom. The van der Waals surface area contributed by atoms with Crippen molar-refractivity contribution in [1.82, 2.24) is 0 Å². The maximum atomic E-state index is 11.2. The molecule has 86 valence electrons. The molecule has 1 unspecified atom stereocenters. The van der Waals surface area contributed by atoms with Gasteiger partial charge in [0.05, 0.1) is 11.3 Å². The van der Waals surface area contributed by atoms with Crippen molar-refractivity contribution in [2.75, 3.05) is 11.4 Å². The lowest BCUT2D eigenvalue weighted by Crippen LogP contribution is -2.28. The van der Waals surface area contributed by atoms with Crippen molar-refractivity contribution >= 4 is 11.7 Å². The fourth-order valence-corrected chi connectivity index (χ4v) is 2.48. The Hall–Kier alpha value is -1.51. The van der Waals surface area contributed by atoms with Gasteiger partial charge in [-0.2, -0.15) is 0 Å². The molecule has 1 atom stereocenters. The maximum absolute atomic E-state index is 11.2. The molecule has 16 heavy (non-hydrogen) atoms. The van der Waals surface area contributed by atoms with Gasteiger partial charge in [0, 0.05) is 12.6 Å². The first-order valence-electron chi connectivity index (χ1n) is 5.71. The molecular formula is C13H17NO2. The number of carboxylic acid groups (broad SMARTS) is 1. The van der Waals surface area contributed by atoms with Crippen LogP contribution in [-0.2, 0) is 0 Å². The third-order valence-electron chi connectivity index (χ3n) is 3.31. The molecule has 1 N–H and O–H groups in total. The predicted octanol–water partition coefficient (Wildman–Crippen LogP) is 2.68. The van der Waals surface area contributed by atoms with Gasteiger partial charge < -0.3 is 10.0 Å². The monoisotopic (exact) mass is 219 g/mol. The summed E-state index contributed by atoms with van der Waals surface area (Å²) in [6.45, 7) is 5.10. The molecule has 0 aromatic heterocycles. The number of nitrogens with zero attached hydrogens (tertiary/aromatic N) is 1. The summed E-state index contributed by atoms with van der Waals surface area (Å²) in [5.41, 5.74) is 2.38. The van der Waals surface area contributed by atoms with E-state index in [1.807, 2.05) is 19.1 Å². The highest BCUT2D eigenvalue weighted by molar-refractivity contribution is 5.95. The lowest BCUT2D eigenvalue weighted by Gasteiger charge is -2.27. The van der Waals surface area contributed by atoms with Gasteiger partial charge >= 0.3 is 5.97 Å². The van der Waals surface area contributed by atoms with Crippen LogP contribution >= 0.6 is 0 Å². The van der Waals surface area contributed by atoms with Gasteiger partial charge in [-0.15, -0.1) is 0 Å². The summed E-state index contributed by atoms with van der Waals surface area (Å²) in [7, 11) is 0. The topological polar surface area (TPSA) is 40.5 Å². The molecule has 0 bridgehead atoms. The summed E-state index contributed by atoms with van der Waals surface area (Å²) in [6.07, 6.45) is 2.29. The zero-order valence-corrected chi connectivity index (χ0v) is 9.73. The van der Waals surface area contributed by atoms with Gasteiger partial charge in [-0.05, 0) is 38.3 Å². The Balaban J connectivity index is 2.49. The zero-order valence-electron chi connectivity index (χ0n) is 9.73. The van der Waals surface area contributed by atoms with Crippen LogP contribution in [-0.4, -0.2) is 23.7 Å². The molecule has 3 heteroatoms. The Morgan fingerprint density at radius 3 is 2.81 bits per heavy atom. The largest absolute Gasteiger partial charge is 0.478 e. The lowest BCUT2D eigenvalue weighted by molar-refractivity contribution is 0.0697. The summed E-state index contributed by atoms with van der Waals surface area (Å²) in [5.74, 6) is -0.835. The number of carbonyl (C=O) groups is 1. The molecule has 1 heterocycles. The second-order valence-corrected chi connectivity index (χ2v) is 4.46. The van der Waals surface area contributed by atoms with E-state index < -0.39 is 5.97 Å². The quantitative estimate of drug-likeness (QED) is 0.831. The Morgan fingerprint density at radius 2 is 2.25 bits per heavy atom. The van der Waals surface area contributed by atoms with E-state index in [1.165, 1.54) is 0 Å². The van der Waals surface area contributed by atoms with E-state index >= 15 is 0 Å². The number of para-hydroxylation sites is 1. The van der Waals surface area contributed by atoms with E-state index in [1.54, 1.807) is 6.07 Å². The average Bonchev–Trinajstić information content (AvgIpc) is 2.64. The van der Waals surface area contributed by atoms with Crippen molar-refractivity contribution in [3.8, 4) is 0 Å². The first-order chi connectivity index (χ1) is 7.61. The van der Waals surface area contributed by atoms with Crippen LogP contribution in [0.3, 0.4) is 0 Å². The van der Waals surface area contributed by atoms with Crippen molar-refractivity contribution in [3.63, 3.8) is 0 Å². The van der Waals surface area contributed by atoms with Crippen molar-refractivity contribution in [3.05, 3.63) is 29.3 Å². The molecule has 0 aliphatic carbocycles. The van der Waals surface area contributed by atoms with Crippen LogP contribution in [0.25, 0.3) is 0 Å². The molecular weight excluding hydrogens is 202 g/mol. The molecule has 0 amide bonds. The van der Waals surface area contributed by atoms with Crippen LogP contribution < -0.4 is 4.90 Å². The van der Waals surface area contributed by atoms with Crippen LogP contribution in [0.5, 0.6) is 0 Å². The summed E-state index contributed by atoms with van der Waals surface area (Å²) < 4.78 is 0. The van der Waals surface area contributed by atoms with Gasteiger partial charge in [0.2, 0.25) is 0 Å². The molecule has 0 spiro atoms. The predicted molar refractivity (Wildman–Crippen MR) is 64.2 cm³/mol. The fourth-order valence-electron chi connectivity index (χ4n) is 2.48. The molecule has 0 radical (unpaired) electrons. The average molecular weight is 219 g/mol. The number of anilines is 1. The van der Waals surface area contributed by atoms with Gasteiger partial charge in [0.1, 0.15) is 0 Å². The Kier molecular flexibility index (Phi) is 2.86. The zero-order chi connectivity index (χ0) is 11.7. The van der Waals surface area contributed by atoms with E-state index in [9.17, 15) is 9.90 Å². The smallest absolute Gasteiger partial charge is 0.337 e. The molecule has 1 fully saturated rings. The summed E-state index contributed by atoms with van der Waals surface area (Å²) >= 11 is 0. The minimum absolute atomic E-state index is 0.425. The molecule has 1 aliphatic rings. The first kappa shape index (κ1) is 11.0. The molecule has 0 saturated carbocycles. The number of carboxylic acids is 1. The molecule has 1 aromatic rings. The van der Waals surface area contributed by atoms with E-state index in [2.05, 4.69) is 11.8 Å². The molecule has 1 aromatic carbocycles. The number of aryl methyl sites for hydroxylation is 1. The van der Waals surface area contributed by atoms with Crippen molar-refractivity contribution in [2.45, 2.75) is 32.7 Å². The fraction of sp³-hybridized carbons (Fsp3) is 0.462. The number of hydrogen-bond donors (Lipinski definition) is 1. The summed E-state index contributed by atoms with van der Waals surface area (Å²) in [5, 5.41) is 9.21. The van der Waals surface area contributed by atoms with Crippen LogP contribution in [0.2, 0.25) is 0 Å². The third-order valence-corrected chi connectivity index (χ3v) is 3.31. The van der Waals surface area contributed by atoms with Crippen molar-refractivity contribution in [2.24, 2.45) is 0 Å². The third kappa shape index (κ3) is 1.77. The Bertz CT molecular complexity index is 414. The highest BCUT2D eigenvalue weighted by Gasteiger charge is 2.25. The maximum Gasteiger partial charge on any atom is 0.337 e. The minimum atomic E-state index is -0.835. The van der Waals surface area contributed by atoms with Crippen LogP contribution in [0.1, 0.15) is 35.7 Å². The van der Waals surface area contributed by atoms with E-state index in [0.29, 0.717) is 11.6 Å². The van der Waals surface area contributed by atoms with E-state index in [0.717, 1.165) is 30.6 Å². The number of aromatic carboxylic acids is 1. The van der Waals surface area contributed by atoms with Gasteiger partial charge in [0.15, 0.2) is 0 Å². The lowest BCUT2D eigenvalue weighted by atomic mass is 10.1. The first-order valence-corrected chi connectivity index (χ1v) is 5.71. The second kappa shape index (κ2) is 4.16. The standard InChI is InChI=1S/C13H17NO2/c1-9-5-3-7-11(13(15)16)12(9)14-8-4-6-10(14)2/h3,5,7,10H,4,6,8H2,1-2H3,(H,15,16). The van der Waals surface area contributed by atoms with Gasteiger partial charge in [-0.25, -0.2) is 4.79 Å². The van der Waals surface area contributed by atoms with Gasteiger partial charge in [0.25, 0.3) is 0 Å². The molecule has 3 nitrogen and oxygen atoms in total. The van der Waals surface area contributed by atoms with Crippen molar-refractivity contribution < 1.29 is 9.90 Å². The SMILES string of the molecule is Cc1cccc(C(=O)O)c1N1CCCC1C. The minimum Gasteiger partial charge on any atom is -0.478 e. The Labute approximate surface area is 95.7 Å². The molecule has 1 aliphatic heterocycles. The molecule has 1 saturated heterocycles. The molecule has 2 rings (SSSR count). The van der Waals surface area contributed by atoms with Crippen LogP contribution in [0, 0.1) is 6.92 Å². The van der Waals surface area contributed by atoms with E-state index in [4.69, 9.17) is 0 Å². The highest BCUT2D eigenvalue weighted by Crippen LogP contribution is 2.31. The van der Waals surface area contributed by atoms with Gasteiger partial charge in [-0.1, -0.05) is 12.1 Å². The number of benzene rings is 1. The van der Waals surface area contributed by atoms with Crippen molar-refractivity contribution in [1.29, 1.82) is 0 Å². The number of rotatable bonds is 2. The normalized spacial score (nSPS) is 20.1. The van der Waals surface area contributed by atoms with Crippen LogP contribution in [0.15, 0.2) is 18.2 Å². The summed E-state index contributed by atoms with van der Waals surface area (Å²) in [6, 6.07) is 5.92. The number of hydrogen-bond acceptors (Lipinski definition) is 2. The van der Waals surface area contributed by atoms with Crippen LogP contribution in [0.4, 0.5) is 5.69 Å².